The van der Waals surface area contributed by atoms with E-state index in [1.807, 2.05) is 0 Å². The Bertz CT molecular complexity index is 927. The van der Waals surface area contributed by atoms with Gasteiger partial charge >= 0.3 is 6.18 Å². The third-order valence-corrected chi connectivity index (χ3v) is 10.5. The normalized spacial score (nSPS) is 25.0. The molecule has 0 spiro atoms. The van der Waals surface area contributed by atoms with Crippen LogP contribution in [-0.4, -0.2) is 31.5 Å². The van der Waals surface area contributed by atoms with Gasteiger partial charge in [-0.2, -0.15) is 13.2 Å². The summed E-state index contributed by atoms with van der Waals surface area (Å²) in [7, 11) is -3.93. The Morgan fingerprint density at radius 1 is 1.06 bits per heavy atom. The summed E-state index contributed by atoms with van der Waals surface area (Å²) >= 11 is 0. The van der Waals surface area contributed by atoms with Gasteiger partial charge in [0.15, 0.2) is 9.84 Å². The molecule has 3 rings (SSSR count). The van der Waals surface area contributed by atoms with Gasteiger partial charge in [-0.1, -0.05) is 38.2 Å². The van der Waals surface area contributed by atoms with Gasteiger partial charge in [-0.3, -0.25) is 4.79 Å². The number of rotatable bonds is 8. The lowest BCUT2D eigenvalue weighted by Gasteiger charge is -2.45. The van der Waals surface area contributed by atoms with Crippen LogP contribution in [0.1, 0.15) is 90.0 Å². The Morgan fingerprint density at radius 2 is 1.74 bits per heavy atom. The molecule has 34 heavy (non-hydrogen) atoms. The van der Waals surface area contributed by atoms with E-state index in [1.54, 1.807) is 13.8 Å². The number of hydrogen-bond donors (Lipinski definition) is 1. The first-order valence-electron chi connectivity index (χ1n) is 12.6. The van der Waals surface area contributed by atoms with Crippen molar-refractivity contribution < 1.29 is 26.4 Å². The Kier molecular flexibility index (Phi) is 8.88. The molecule has 4 nitrogen and oxygen atoms in total. The number of hydrogen-bond acceptors (Lipinski definition) is 4. The molecule has 2 fully saturated rings. The first-order chi connectivity index (χ1) is 15.9. The van der Waals surface area contributed by atoms with Crippen LogP contribution in [0.25, 0.3) is 0 Å². The number of carbonyl (C=O) groups is 1. The molecule has 1 saturated heterocycles. The molecule has 1 atom stereocenters. The summed E-state index contributed by atoms with van der Waals surface area (Å²) < 4.78 is 64.5. The molecule has 1 N–H and O–H groups in total. The molecule has 1 aromatic rings. The summed E-state index contributed by atoms with van der Waals surface area (Å²) in [5, 5.41) is 3.41. The zero-order chi connectivity index (χ0) is 25.0. The standard InChI is InChI=1S/C26H38F3NO3S/c1-25(2,34(32,33)22-12-9-11-20(18-22)26(27,28)29)21-16-19(17-21)10-8-14-24(31)23-13-6-4-3-5-7-15-30-23/h9,11-12,18-19,21,23,30H,3-8,10,13-17H2,1-2H3/t19?,21?,23-/m0/s1. The molecule has 1 aromatic carbocycles. The Morgan fingerprint density at radius 3 is 2.44 bits per heavy atom. The van der Waals surface area contributed by atoms with Crippen molar-refractivity contribution in [3.63, 3.8) is 0 Å². The molecule has 1 heterocycles. The SMILES string of the molecule is CC(C)(C1CC(CCCC(=O)[C@@H]2CCCCCCCN2)C1)S(=O)(=O)c1cccc(C(F)(F)F)c1. The number of benzene rings is 1. The van der Waals surface area contributed by atoms with Gasteiger partial charge in [0.25, 0.3) is 0 Å². The minimum atomic E-state index is -4.58. The summed E-state index contributed by atoms with van der Waals surface area (Å²) in [5.41, 5.74) is -0.949. The first kappa shape index (κ1) is 27.2. The van der Waals surface area contributed by atoms with E-state index in [9.17, 15) is 26.4 Å². The molecule has 1 aliphatic heterocycles. The van der Waals surface area contributed by atoms with Crippen LogP contribution in [0.3, 0.4) is 0 Å². The van der Waals surface area contributed by atoms with Gasteiger partial charge in [0.05, 0.1) is 21.2 Å². The van der Waals surface area contributed by atoms with E-state index in [0.717, 1.165) is 69.7 Å². The maximum absolute atomic E-state index is 13.2. The zero-order valence-electron chi connectivity index (χ0n) is 20.3. The Labute approximate surface area is 202 Å². The van der Waals surface area contributed by atoms with Gasteiger partial charge in [0.1, 0.15) is 5.78 Å². The van der Waals surface area contributed by atoms with Gasteiger partial charge in [0.2, 0.25) is 0 Å². The van der Waals surface area contributed by atoms with E-state index in [-0.39, 0.29) is 22.6 Å². The van der Waals surface area contributed by atoms with Crippen molar-refractivity contribution in [3.05, 3.63) is 29.8 Å². The summed E-state index contributed by atoms with van der Waals surface area (Å²) in [6.07, 6.45) is 5.85. The number of alkyl halides is 3. The van der Waals surface area contributed by atoms with Crippen molar-refractivity contribution >= 4 is 15.6 Å². The van der Waals surface area contributed by atoms with E-state index >= 15 is 0 Å². The van der Waals surface area contributed by atoms with Crippen LogP contribution in [0.5, 0.6) is 0 Å². The number of ketones is 1. The average Bonchev–Trinajstić information content (AvgIpc) is 2.88. The second kappa shape index (κ2) is 11.1. The molecule has 1 saturated carbocycles. The van der Waals surface area contributed by atoms with Gasteiger partial charge in [-0.05, 0) is 82.5 Å². The Hall–Kier alpha value is -1.41. The van der Waals surface area contributed by atoms with Crippen LogP contribution in [0.15, 0.2) is 29.2 Å². The van der Waals surface area contributed by atoms with Crippen LogP contribution in [0.4, 0.5) is 13.2 Å². The quantitative estimate of drug-likeness (QED) is 0.452. The van der Waals surface area contributed by atoms with Crippen LogP contribution in [0, 0.1) is 11.8 Å². The lowest BCUT2D eigenvalue weighted by atomic mass is 9.67. The number of Topliss-reactive ketones (excluding diaryl/α,β-unsaturated/α-hetero) is 1. The maximum atomic E-state index is 13.2. The highest BCUT2D eigenvalue weighted by molar-refractivity contribution is 7.92. The van der Waals surface area contributed by atoms with E-state index < -0.39 is 26.3 Å². The predicted octanol–water partition coefficient (Wildman–Crippen LogP) is 6.34. The van der Waals surface area contributed by atoms with E-state index in [0.29, 0.717) is 12.3 Å². The molecule has 192 valence electrons. The van der Waals surface area contributed by atoms with E-state index in [2.05, 4.69) is 5.32 Å². The third-order valence-electron chi connectivity index (χ3n) is 7.87. The molecule has 0 unspecified atom stereocenters. The minimum absolute atomic E-state index is 0.0382. The fourth-order valence-corrected chi connectivity index (χ4v) is 7.08. The summed E-state index contributed by atoms with van der Waals surface area (Å²) in [6, 6.07) is 3.99. The highest BCUT2D eigenvalue weighted by atomic mass is 32.2. The fourth-order valence-electron chi connectivity index (χ4n) is 5.30. The largest absolute Gasteiger partial charge is 0.416 e. The maximum Gasteiger partial charge on any atom is 0.416 e. The fraction of sp³-hybridized carbons (Fsp3) is 0.731. The van der Waals surface area contributed by atoms with Crippen molar-refractivity contribution in [3.8, 4) is 0 Å². The molecule has 0 bridgehead atoms. The van der Waals surface area contributed by atoms with Gasteiger partial charge < -0.3 is 5.32 Å². The second-order valence-electron chi connectivity index (χ2n) is 10.6. The molecule has 0 radical (unpaired) electrons. The number of sulfone groups is 1. The highest BCUT2D eigenvalue weighted by Gasteiger charge is 2.48. The number of nitrogens with one attached hydrogen (secondary N) is 1. The van der Waals surface area contributed by atoms with Gasteiger partial charge in [0, 0.05) is 6.42 Å². The van der Waals surface area contributed by atoms with Crippen molar-refractivity contribution in [2.75, 3.05) is 6.54 Å². The van der Waals surface area contributed by atoms with Crippen molar-refractivity contribution in [1.29, 1.82) is 0 Å². The molecule has 0 amide bonds. The monoisotopic (exact) mass is 501 g/mol. The van der Waals surface area contributed by atoms with Crippen molar-refractivity contribution in [1.82, 2.24) is 5.32 Å². The zero-order valence-corrected chi connectivity index (χ0v) is 21.1. The first-order valence-corrected chi connectivity index (χ1v) is 14.1. The van der Waals surface area contributed by atoms with Crippen LogP contribution in [0.2, 0.25) is 0 Å². The smallest absolute Gasteiger partial charge is 0.307 e. The topological polar surface area (TPSA) is 63.2 Å². The molecule has 2 aliphatic rings. The lowest BCUT2D eigenvalue weighted by molar-refractivity contribution is -0.137. The summed E-state index contributed by atoms with van der Waals surface area (Å²) in [4.78, 5) is 12.4. The summed E-state index contributed by atoms with van der Waals surface area (Å²) in [6.45, 7) is 4.14. The van der Waals surface area contributed by atoms with E-state index in [4.69, 9.17) is 0 Å². The lowest BCUT2D eigenvalue weighted by Crippen LogP contribution is -2.46. The van der Waals surface area contributed by atoms with Gasteiger partial charge in [-0.25, -0.2) is 8.42 Å². The average molecular weight is 502 g/mol. The Balaban J connectivity index is 1.50. The van der Waals surface area contributed by atoms with Crippen LogP contribution < -0.4 is 5.32 Å². The third kappa shape index (κ3) is 6.42. The van der Waals surface area contributed by atoms with E-state index in [1.165, 1.54) is 25.3 Å². The van der Waals surface area contributed by atoms with Crippen LogP contribution in [-0.2, 0) is 20.8 Å². The predicted molar refractivity (Wildman–Crippen MR) is 127 cm³/mol. The van der Waals surface area contributed by atoms with Gasteiger partial charge in [-0.15, -0.1) is 0 Å². The highest BCUT2D eigenvalue weighted by Crippen LogP contribution is 2.48. The molecule has 8 heteroatoms. The molecular formula is C26H38F3NO3S. The number of halogens is 3. The second-order valence-corrected chi connectivity index (χ2v) is 13.1. The molecular weight excluding hydrogens is 463 g/mol. The van der Waals surface area contributed by atoms with Crippen molar-refractivity contribution in [2.24, 2.45) is 11.8 Å². The summed E-state index contributed by atoms with van der Waals surface area (Å²) in [5.74, 6) is 0.538. The molecule has 0 aromatic heterocycles. The minimum Gasteiger partial charge on any atom is -0.307 e. The van der Waals surface area contributed by atoms with Crippen LogP contribution >= 0.6 is 0 Å². The molecule has 1 aliphatic carbocycles. The van der Waals surface area contributed by atoms with Crippen molar-refractivity contribution in [2.45, 2.75) is 106 Å². The number of carbonyl (C=O) groups excluding carboxylic acids is 1.